The van der Waals surface area contributed by atoms with Crippen LogP contribution in [0.3, 0.4) is 0 Å². The first-order valence-electron chi connectivity index (χ1n) is 8.70. The summed E-state index contributed by atoms with van der Waals surface area (Å²) in [6.07, 6.45) is 0.488. The maximum absolute atomic E-state index is 13.8. The number of hydrazone groups is 1. The molecule has 0 saturated carbocycles. The van der Waals surface area contributed by atoms with Crippen molar-refractivity contribution in [1.29, 1.82) is 0 Å². The third kappa shape index (κ3) is 3.79. The number of anilines is 1. The Bertz CT molecular complexity index is 1310. The number of aromatic nitrogens is 2. The lowest BCUT2D eigenvalue weighted by Gasteiger charge is -2.09. The molecule has 0 aliphatic rings. The second kappa shape index (κ2) is 8.27. The van der Waals surface area contributed by atoms with Gasteiger partial charge in [0, 0.05) is 10.9 Å². The number of fused-ring (bicyclic) bond motifs is 1. The molecule has 0 spiro atoms. The first kappa shape index (κ1) is 20.7. The average Bonchev–Trinajstić information content (AvgIpc) is 2.78. The summed E-state index contributed by atoms with van der Waals surface area (Å²) in [5.74, 6) is -9.97. The minimum atomic E-state index is -2.24. The fraction of sp³-hybridized carbons (Fsp3) is 0. The average molecular weight is 449 g/mol. The summed E-state index contributed by atoms with van der Waals surface area (Å²) in [6.45, 7) is 0. The lowest BCUT2D eigenvalue weighted by atomic mass is 10.2. The molecule has 1 aromatic heterocycles. The highest BCUT2D eigenvalue weighted by Crippen LogP contribution is 2.29. The Balaban J connectivity index is 1.77. The van der Waals surface area contributed by atoms with Crippen LogP contribution in [-0.2, 0) is 0 Å². The van der Waals surface area contributed by atoms with E-state index >= 15 is 0 Å². The first-order chi connectivity index (χ1) is 14.9. The number of benzene rings is 3. The smallest absolute Gasteiger partial charge is 0.200 e. The Morgan fingerprint density at radius 1 is 0.774 bits per heavy atom. The van der Waals surface area contributed by atoms with Crippen LogP contribution in [0.25, 0.3) is 22.3 Å². The minimum Gasteiger partial charge on any atom is -0.261 e. The summed E-state index contributed by atoms with van der Waals surface area (Å²) in [5, 5.41) is 4.52. The second-order valence-electron chi connectivity index (χ2n) is 6.25. The van der Waals surface area contributed by atoms with Crippen molar-refractivity contribution in [2.24, 2.45) is 5.10 Å². The Morgan fingerprint density at radius 3 is 2.10 bits per heavy atom. The third-order valence-corrected chi connectivity index (χ3v) is 4.66. The minimum absolute atomic E-state index is 0.139. The highest BCUT2D eigenvalue weighted by atomic mass is 35.5. The lowest BCUT2D eigenvalue weighted by molar-refractivity contribution is 0.377. The number of hydrogen-bond acceptors (Lipinski definition) is 4. The van der Waals surface area contributed by atoms with Gasteiger partial charge in [-0.25, -0.2) is 31.9 Å². The summed E-state index contributed by atoms with van der Waals surface area (Å²) in [7, 11) is 0. The molecule has 4 rings (SSSR count). The molecule has 0 aliphatic heterocycles. The zero-order valence-electron chi connectivity index (χ0n) is 15.3. The van der Waals surface area contributed by atoms with Crippen LogP contribution in [0.4, 0.5) is 27.8 Å². The Hall–Kier alpha value is -3.59. The van der Waals surface area contributed by atoms with Crippen LogP contribution in [0.15, 0.2) is 53.6 Å². The molecule has 1 heterocycles. The third-order valence-electron chi connectivity index (χ3n) is 4.33. The zero-order chi connectivity index (χ0) is 22.1. The van der Waals surface area contributed by atoms with E-state index in [1.54, 1.807) is 48.5 Å². The van der Waals surface area contributed by atoms with Gasteiger partial charge < -0.3 is 0 Å². The van der Waals surface area contributed by atoms with Gasteiger partial charge in [-0.05, 0) is 24.3 Å². The van der Waals surface area contributed by atoms with Gasteiger partial charge >= 0.3 is 0 Å². The standard InChI is InChI=1S/C21H10ClF5N4/c22-13-7-3-1-5-10(13)20-29-14-8-4-2-6-11(14)21(30-20)31-28-9-12-15(23)17(25)19(27)18(26)16(12)24/h1-9H,(H,29,30,31)/b28-9-. The fourth-order valence-electron chi connectivity index (χ4n) is 2.82. The van der Waals surface area contributed by atoms with Crippen LogP contribution in [-0.4, -0.2) is 16.2 Å². The molecule has 4 aromatic rings. The predicted octanol–water partition coefficient (Wildman–Crippen LogP) is 6.09. The van der Waals surface area contributed by atoms with Crippen molar-refractivity contribution in [3.63, 3.8) is 0 Å². The quantitative estimate of drug-likeness (QED) is 0.135. The second-order valence-corrected chi connectivity index (χ2v) is 6.65. The Morgan fingerprint density at radius 2 is 1.39 bits per heavy atom. The van der Waals surface area contributed by atoms with Crippen LogP contribution < -0.4 is 5.43 Å². The van der Waals surface area contributed by atoms with E-state index in [0.717, 1.165) is 0 Å². The van der Waals surface area contributed by atoms with Gasteiger partial charge in [0.05, 0.1) is 22.3 Å². The molecule has 0 atom stereocenters. The van der Waals surface area contributed by atoms with Crippen LogP contribution in [0.1, 0.15) is 5.56 Å². The molecule has 31 heavy (non-hydrogen) atoms. The van der Waals surface area contributed by atoms with Gasteiger partial charge in [-0.15, -0.1) is 0 Å². The number of nitrogens with one attached hydrogen (secondary N) is 1. The van der Waals surface area contributed by atoms with Gasteiger partial charge in [0.2, 0.25) is 5.82 Å². The normalized spacial score (nSPS) is 11.4. The zero-order valence-corrected chi connectivity index (χ0v) is 16.1. The summed E-state index contributed by atoms with van der Waals surface area (Å²) in [4.78, 5) is 8.79. The van der Waals surface area contributed by atoms with E-state index < -0.39 is 34.6 Å². The van der Waals surface area contributed by atoms with Gasteiger partial charge in [-0.1, -0.05) is 35.9 Å². The van der Waals surface area contributed by atoms with Crippen molar-refractivity contribution < 1.29 is 22.0 Å². The molecule has 0 radical (unpaired) electrons. The highest BCUT2D eigenvalue weighted by Gasteiger charge is 2.24. The van der Waals surface area contributed by atoms with E-state index in [0.29, 0.717) is 27.7 Å². The predicted molar refractivity (Wildman–Crippen MR) is 107 cm³/mol. The number of hydrogen-bond donors (Lipinski definition) is 1. The fourth-order valence-corrected chi connectivity index (χ4v) is 3.04. The molecule has 0 aliphatic carbocycles. The SMILES string of the molecule is Fc1c(F)c(F)c(/C=N\Nc2nc(-c3ccccc3Cl)nc3ccccc23)c(F)c1F. The van der Waals surface area contributed by atoms with Crippen molar-refractivity contribution in [3.8, 4) is 11.4 Å². The molecule has 3 aromatic carbocycles. The van der Waals surface area contributed by atoms with Gasteiger partial charge in [0.25, 0.3) is 0 Å². The molecular formula is C21H10ClF5N4. The van der Waals surface area contributed by atoms with E-state index in [2.05, 4.69) is 20.5 Å². The molecule has 0 unspecified atom stereocenters. The first-order valence-corrected chi connectivity index (χ1v) is 9.08. The molecule has 4 nitrogen and oxygen atoms in total. The summed E-state index contributed by atoms with van der Waals surface area (Å²) in [5.41, 5.74) is 2.34. The number of halogens is 6. The maximum atomic E-state index is 13.8. The highest BCUT2D eigenvalue weighted by molar-refractivity contribution is 6.33. The van der Waals surface area contributed by atoms with Crippen LogP contribution in [0.2, 0.25) is 5.02 Å². The molecule has 10 heteroatoms. The summed E-state index contributed by atoms with van der Waals surface area (Å²) < 4.78 is 67.6. The molecule has 156 valence electrons. The molecular weight excluding hydrogens is 439 g/mol. The van der Waals surface area contributed by atoms with Crippen LogP contribution in [0, 0.1) is 29.1 Å². The van der Waals surface area contributed by atoms with Crippen LogP contribution >= 0.6 is 11.6 Å². The largest absolute Gasteiger partial charge is 0.261 e. The molecule has 1 N–H and O–H groups in total. The molecule has 0 amide bonds. The lowest BCUT2D eigenvalue weighted by Crippen LogP contribution is -2.07. The Kier molecular flexibility index (Phi) is 5.51. The van der Waals surface area contributed by atoms with Crippen molar-refractivity contribution in [2.45, 2.75) is 0 Å². The van der Waals surface area contributed by atoms with E-state index in [-0.39, 0.29) is 11.6 Å². The van der Waals surface area contributed by atoms with Crippen molar-refractivity contribution in [2.75, 3.05) is 5.43 Å². The van der Waals surface area contributed by atoms with E-state index in [4.69, 9.17) is 11.6 Å². The van der Waals surface area contributed by atoms with Crippen LogP contribution in [0.5, 0.6) is 0 Å². The van der Waals surface area contributed by atoms with E-state index in [9.17, 15) is 22.0 Å². The monoisotopic (exact) mass is 448 g/mol. The number of nitrogens with zero attached hydrogens (tertiary/aromatic N) is 3. The van der Waals surface area contributed by atoms with Gasteiger partial charge in [0.15, 0.2) is 34.9 Å². The topological polar surface area (TPSA) is 50.2 Å². The van der Waals surface area contributed by atoms with Crippen molar-refractivity contribution >= 4 is 34.5 Å². The van der Waals surface area contributed by atoms with Gasteiger partial charge in [-0.2, -0.15) is 5.10 Å². The van der Waals surface area contributed by atoms with Crippen molar-refractivity contribution in [3.05, 3.63) is 88.2 Å². The van der Waals surface area contributed by atoms with Crippen molar-refractivity contribution in [1.82, 2.24) is 9.97 Å². The molecule has 0 saturated heterocycles. The van der Waals surface area contributed by atoms with Gasteiger partial charge in [-0.3, -0.25) is 5.43 Å². The Labute approximate surface area is 177 Å². The number of rotatable bonds is 4. The maximum Gasteiger partial charge on any atom is 0.200 e. The molecule has 0 fully saturated rings. The summed E-state index contributed by atoms with van der Waals surface area (Å²) in [6, 6.07) is 13.7. The molecule has 0 bridgehead atoms. The van der Waals surface area contributed by atoms with Gasteiger partial charge in [0.1, 0.15) is 0 Å². The van der Waals surface area contributed by atoms with E-state index in [1.807, 2.05) is 0 Å². The summed E-state index contributed by atoms with van der Waals surface area (Å²) >= 11 is 6.21. The van der Waals surface area contributed by atoms with E-state index in [1.165, 1.54) is 0 Å². The number of para-hydroxylation sites is 1.